The fourth-order valence-electron chi connectivity index (χ4n) is 2.16. The maximum Gasteiger partial charge on any atom is 0.274 e. The van der Waals surface area contributed by atoms with E-state index in [0.717, 1.165) is 5.69 Å². The third-order valence-corrected chi connectivity index (χ3v) is 3.34. The van der Waals surface area contributed by atoms with E-state index < -0.39 is 5.91 Å². The van der Waals surface area contributed by atoms with Gasteiger partial charge in [0.25, 0.3) is 5.91 Å². The molecule has 25 heavy (non-hydrogen) atoms. The standard InChI is InChI=1S/C18H16FN5O/c1-12-10-16(17(25)23-14-7-5-13(19)6-8-14)24-18(22-12)21-11-15-4-2-3-9-20-15/h2-10H,11H2,1H3,(H,23,25)(H,21,22,24). The molecule has 7 heteroatoms. The predicted octanol–water partition coefficient (Wildman–Crippen LogP) is 3.18. The molecule has 2 aromatic heterocycles. The van der Waals surface area contributed by atoms with Gasteiger partial charge in [0, 0.05) is 17.6 Å². The van der Waals surface area contributed by atoms with Crippen LogP contribution in [0.1, 0.15) is 21.9 Å². The maximum absolute atomic E-state index is 12.9. The number of carbonyl (C=O) groups excluding carboxylic acids is 1. The third kappa shape index (κ3) is 4.57. The fourth-order valence-corrected chi connectivity index (χ4v) is 2.16. The zero-order chi connectivity index (χ0) is 17.6. The van der Waals surface area contributed by atoms with Gasteiger partial charge in [-0.2, -0.15) is 0 Å². The molecule has 126 valence electrons. The Labute approximate surface area is 144 Å². The Kier molecular flexibility index (Phi) is 4.94. The van der Waals surface area contributed by atoms with Crippen molar-refractivity contribution in [1.82, 2.24) is 15.0 Å². The second kappa shape index (κ2) is 7.48. The Morgan fingerprint density at radius 3 is 2.64 bits per heavy atom. The number of aryl methyl sites for hydroxylation is 1. The molecule has 3 rings (SSSR count). The van der Waals surface area contributed by atoms with Gasteiger partial charge in [-0.15, -0.1) is 0 Å². The Morgan fingerprint density at radius 1 is 1.12 bits per heavy atom. The van der Waals surface area contributed by atoms with E-state index in [1.54, 1.807) is 19.2 Å². The Balaban J connectivity index is 1.72. The number of aromatic nitrogens is 3. The zero-order valence-electron chi connectivity index (χ0n) is 13.5. The average Bonchev–Trinajstić information content (AvgIpc) is 2.62. The summed E-state index contributed by atoms with van der Waals surface area (Å²) in [6.07, 6.45) is 1.70. The second-order valence-corrected chi connectivity index (χ2v) is 5.35. The molecule has 1 aromatic carbocycles. The molecule has 0 aliphatic rings. The number of nitrogens with zero attached hydrogens (tertiary/aromatic N) is 3. The summed E-state index contributed by atoms with van der Waals surface area (Å²) in [5.41, 5.74) is 2.21. The van der Waals surface area contributed by atoms with Gasteiger partial charge in [-0.25, -0.2) is 14.4 Å². The lowest BCUT2D eigenvalue weighted by molar-refractivity contribution is 0.102. The number of benzene rings is 1. The minimum Gasteiger partial charge on any atom is -0.349 e. The van der Waals surface area contributed by atoms with Gasteiger partial charge < -0.3 is 10.6 Å². The summed E-state index contributed by atoms with van der Waals surface area (Å²) < 4.78 is 12.9. The van der Waals surface area contributed by atoms with Gasteiger partial charge >= 0.3 is 0 Å². The number of amides is 1. The van der Waals surface area contributed by atoms with Crippen molar-refractivity contribution in [2.24, 2.45) is 0 Å². The molecule has 2 heterocycles. The van der Waals surface area contributed by atoms with E-state index in [1.807, 2.05) is 18.2 Å². The lowest BCUT2D eigenvalue weighted by Crippen LogP contribution is -2.16. The van der Waals surface area contributed by atoms with E-state index in [9.17, 15) is 9.18 Å². The molecule has 0 saturated carbocycles. The first-order valence-electron chi connectivity index (χ1n) is 7.66. The highest BCUT2D eigenvalue weighted by Crippen LogP contribution is 2.12. The predicted molar refractivity (Wildman–Crippen MR) is 92.7 cm³/mol. The summed E-state index contributed by atoms with van der Waals surface area (Å²) >= 11 is 0. The molecular formula is C18H16FN5O. The van der Waals surface area contributed by atoms with Crippen molar-refractivity contribution in [2.75, 3.05) is 10.6 Å². The van der Waals surface area contributed by atoms with Gasteiger partial charge in [0.15, 0.2) is 0 Å². The monoisotopic (exact) mass is 337 g/mol. The van der Waals surface area contributed by atoms with E-state index >= 15 is 0 Å². The second-order valence-electron chi connectivity index (χ2n) is 5.35. The van der Waals surface area contributed by atoms with Crippen LogP contribution in [0.15, 0.2) is 54.7 Å². The maximum atomic E-state index is 12.9. The fraction of sp³-hybridized carbons (Fsp3) is 0.111. The van der Waals surface area contributed by atoms with Crippen LogP contribution < -0.4 is 10.6 Å². The average molecular weight is 337 g/mol. The molecule has 2 N–H and O–H groups in total. The molecular weight excluding hydrogens is 321 g/mol. The van der Waals surface area contributed by atoms with Crippen molar-refractivity contribution < 1.29 is 9.18 Å². The van der Waals surface area contributed by atoms with E-state index in [0.29, 0.717) is 23.9 Å². The summed E-state index contributed by atoms with van der Waals surface area (Å²) in [6.45, 7) is 2.23. The van der Waals surface area contributed by atoms with Crippen molar-refractivity contribution in [2.45, 2.75) is 13.5 Å². The Hall–Kier alpha value is -3.35. The van der Waals surface area contributed by atoms with Crippen LogP contribution in [0, 0.1) is 12.7 Å². The highest BCUT2D eigenvalue weighted by molar-refractivity contribution is 6.03. The summed E-state index contributed by atoms with van der Waals surface area (Å²) in [5, 5.41) is 5.73. The highest BCUT2D eigenvalue weighted by Gasteiger charge is 2.11. The first kappa shape index (κ1) is 16.5. The minimum atomic E-state index is -0.391. The van der Waals surface area contributed by atoms with Crippen LogP contribution in [-0.2, 0) is 6.54 Å². The molecule has 0 unspecified atom stereocenters. The van der Waals surface area contributed by atoms with Crippen LogP contribution in [-0.4, -0.2) is 20.9 Å². The summed E-state index contributed by atoms with van der Waals surface area (Å²) in [4.78, 5) is 25.0. The molecule has 0 bridgehead atoms. The SMILES string of the molecule is Cc1cc(C(=O)Nc2ccc(F)cc2)nc(NCc2ccccn2)n1. The number of anilines is 2. The number of rotatable bonds is 5. The van der Waals surface area contributed by atoms with Gasteiger partial charge in [0.1, 0.15) is 11.5 Å². The summed E-state index contributed by atoms with van der Waals surface area (Å²) in [7, 11) is 0. The van der Waals surface area contributed by atoms with Gasteiger partial charge in [-0.1, -0.05) is 6.07 Å². The Bertz CT molecular complexity index is 868. The van der Waals surface area contributed by atoms with Crippen LogP contribution in [0.4, 0.5) is 16.0 Å². The van der Waals surface area contributed by atoms with E-state index in [2.05, 4.69) is 25.6 Å². The number of hydrogen-bond acceptors (Lipinski definition) is 5. The molecule has 0 aliphatic carbocycles. The van der Waals surface area contributed by atoms with E-state index in [4.69, 9.17) is 0 Å². The van der Waals surface area contributed by atoms with Crippen LogP contribution in [0.2, 0.25) is 0 Å². The van der Waals surface area contributed by atoms with Crippen molar-refractivity contribution in [3.63, 3.8) is 0 Å². The molecule has 0 fully saturated rings. The molecule has 0 radical (unpaired) electrons. The smallest absolute Gasteiger partial charge is 0.274 e. The molecule has 0 saturated heterocycles. The lowest BCUT2D eigenvalue weighted by Gasteiger charge is -2.09. The van der Waals surface area contributed by atoms with E-state index in [1.165, 1.54) is 24.3 Å². The van der Waals surface area contributed by atoms with Crippen molar-refractivity contribution in [3.05, 3.63) is 77.6 Å². The number of pyridine rings is 1. The highest BCUT2D eigenvalue weighted by atomic mass is 19.1. The van der Waals surface area contributed by atoms with Crippen LogP contribution in [0.5, 0.6) is 0 Å². The van der Waals surface area contributed by atoms with Crippen LogP contribution >= 0.6 is 0 Å². The molecule has 3 aromatic rings. The van der Waals surface area contributed by atoms with Gasteiger partial charge in [0.2, 0.25) is 5.95 Å². The summed E-state index contributed by atoms with van der Waals surface area (Å²) in [6, 6.07) is 12.7. The number of nitrogens with one attached hydrogen (secondary N) is 2. The molecule has 6 nitrogen and oxygen atoms in total. The van der Waals surface area contributed by atoms with E-state index in [-0.39, 0.29) is 11.5 Å². The zero-order valence-corrected chi connectivity index (χ0v) is 13.5. The van der Waals surface area contributed by atoms with Gasteiger partial charge in [-0.05, 0) is 49.4 Å². The largest absolute Gasteiger partial charge is 0.349 e. The molecule has 1 amide bonds. The first-order chi connectivity index (χ1) is 12.1. The summed E-state index contributed by atoms with van der Waals surface area (Å²) in [5.74, 6) is -0.412. The molecule has 0 aliphatic heterocycles. The molecule has 0 spiro atoms. The van der Waals surface area contributed by atoms with Crippen LogP contribution in [0.3, 0.4) is 0 Å². The normalized spacial score (nSPS) is 10.3. The van der Waals surface area contributed by atoms with Gasteiger partial charge in [0.05, 0.1) is 12.2 Å². The number of halogens is 1. The number of hydrogen-bond donors (Lipinski definition) is 2. The molecule has 0 atom stereocenters. The van der Waals surface area contributed by atoms with Gasteiger partial charge in [-0.3, -0.25) is 9.78 Å². The third-order valence-electron chi connectivity index (χ3n) is 3.34. The first-order valence-corrected chi connectivity index (χ1v) is 7.66. The topological polar surface area (TPSA) is 79.8 Å². The minimum absolute atomic E-state index is 0.223. The van der Waals surface area contributed by atoms with Crippen molar-refractivity contribution in [3.8, 4) is 0 Å². The van der Waals surface area contributed by atoms with Crippen LogP contribution in [0.25, 0.3) is 0 Å². The quantitative estimate of drug-likeness (QED) is 0.747. The lowest BCUT2D eigenvalue weighted by atomic mass is 10.3. The number of carbonyl (C=O) groups is 1. The van der Waals surface area contributed by atoms with Crippen molar-refractivity contribution in [1.29, 1.82) is 0 Å². The Morgan fingerprint density at radius 2 is 1.92 bits per heavy atom. The van der Waals surface area contributed by atoms with Crippen molar-refractivity contribution >= 4 is 17.5 Å².